The highest BCUT2D eigenvalue weighted by atomic mass is 19.4. The van der Waals surface area contributed by atoms with Crippen molar-refractivity contribution in [3.8, 4) is 5.75 Å². The van der Waals surface area contributed by atoms with Crippen molar-refractivity contribution in [3.05, 3.63) is 35.9 Å². The van der Waals surface area contributed by atoms with E-state index in [1.807, 2.05) is 0 Å². The van der Waals surface area contributed by atoms with Gasteiger partial charge in [0.15, 0.2) is 0 Å². The highest BCUT2D eigenvalue weighted by Crippen LogP contribution is 2.47. The molecule has 0 aliphatic heterocycles. The molecule has 0 bridgehead atoms. The molecule has 20 heavy (non-hydrogen) atoms. The molecule has 0 aliphatic rings. The van der Waals surface area contributed by atoms with Crippen LogP contribution in [0.2, 0.25) is 0 Å². The SMILES string of the molecule is [CH2]Oc1c(C(F)(F)F)cc(C(F)(F)F)cc1C(F)(F)F. The van der Waals surface area contributed by atoms with Gasteiger partial charge in [-0.3, -0.25) is 0 Å². The average molecular weight is 311 g/mol. The molecule has 0 atom stereocenters. The van der Waals surface area contributed by atoms with E-state index in [1.165, 1.54) is 0 Å². The van der Waals surface area contributed by atoms with Crippen LogP contribution in [0, 0.1) is 7.11 Å². The number of halogens is 9. The van der Waals surface area contributed by atoms with E-state index in [0.29, 0.717) is 0 Å². The fraction of sp³-hybridized carbons (Fsp3) is 0.300. The van der Waals surface area contributed by atoms with E-state index in [9.17, 15) is 39.5 Å². The lowest BCUT2D eigenvalue weighted by Crippen LogP contribution is -2.17. The lowest BCUT2D eigenvalue weighted by atomic mass is 10.0. The molecule has 0 aliphatic carbocycles. The molecule has 1 aromatic carbocycles. The predicted molar refractivity (Wildman–Crippen MR) is 47.4 cm³/mol. The van der Waals surface area contributed by atoms with Crippen LogP contribution in [0.15, 0.2) is 12.1 Å². The van der Waals surface area contributed by atoms with Gasteiger partial charge >= 0.3 is 18.5 Å². The van der Waals surface area contributed by atoms with Gasteiger partial charge in [-0.25, -0.2) is 0 Å². The van der Waals surface area contributed by atoms with Crippen LogP contribution in [0.25, 0.3) is 0 Å². The van der Waals surface area contributed by atoms with Crippen molar-refractivity contribution in [1.82, 2.24) is 0 Å². The molecule has 1 nitrogen and oxygen atoms in total. The Kier molecular flexibility index (Phi) is 3.90. The fourth-order valence-corrected chi connectivity index (χ4v) is 1.37. The number of alkyl halides is 9. The van der Waals surface area contributed by atoms with Gasteiger partial charge in [0.2, 0.25) is 0 Å². The molecule has 0 amide bonds. The largest absolute Gasteiger partial charge is 0.489 e. The Balaban J connectivity index is 3.75. The van der Waals surface area contributed by atoms with E-state index in [4.69, 9.17) is 0 Å². The van der Waals surface area contributed by atoms with Gasteiger partial charge in [-0.2, -0.15) is 39.5 Å². The minimum absolute atomic E-state index is 0.463. The molecule has 10 heteroatoms. The molecule has 0 N–H and O–H groups in total. The molecular formula is C10H4F9O. The first-order valence-corrected chi connectivity index (χ1v) is 4.60. The molecule has 1 rings (SSSR count). The van der Waals surface area contributed by atoms with Crippen molar-refractivity contribution in [1.29, 1.82) is 0 Å². The fourth-order valence-electron chi connectivity index (χ4n) is 1.37. The summed E-state index contributed by atoms with van der Waals surface area (Å²) in [4.78, 5) is 0. The zero-order chi connectivity index (χ0) is 15.9. The van der Waals surface area contributed by atoms with Crippen LogP contribution in [0.3, 0.4) is 0 Å². The number of ether oxygens (including phenoxy) is 1. The first-order chi connectivity index (χ1) is 8.78. The van der Waals surface area contributed by atoms with Crippen LogP contribution in [0.4, 0.5) is 39.5 Å². The summed E-state index contributed by atoms with van der Waals surface area (Å²) in [6.07, 6.45) is -16.3. The molecule has 0 heterocycles. The molecule has 0 spiro atoms. The number of hydrogen-bond acceptors (Lipinski definition) is 1. The van der Waals surface area contributed by atoms with Gasteiger partial charge in [-0.1, -0.05) is 0 Å². The molecule has 0 saturated heterocycles. The van der Waals surface area contributed by atoms with E-state index in [1.54, 1.807) is 0 Å². The van der Waals surface area contributed by atoms with Crippen molar-refractivity contribution >= 4 is 0 Å². The first kappa shape index (κ1) is 16.4. The lowest BCUT2D eigenvalue weighted by Gasteiger charge is -2.19. The van der Waals surface area contributed by atoms with Crippen LogP contribution < -0.4 is 4.74 Å². The second-order valence-corrected chi connectivity index (χ2v) is 3.54. The summed E-state index contributed by atoms with van der Waals surface area (Å²) >= 11 is 0. The molecule has 0 saturated carbocycles. The van der Waals surface area contributed by atoms with Crippen molar-refractivity contribution < 1.29 is 44.3 Å². The standard InChI is InChI=1S/C10H4F9O/c1-20-7-5(9(14,15)16)2-4(8(11,12)13)3-6(7)10(17,18)19/h2-3H,1H2. The smallest absolute Gasteiger partial charge is 0.419 e. The van der Waals surface area contributed by atoms with Crippen LogP contribution >= 0.6 is 0 Å². The summed E-state index contributed by atoms with van der Waals surface area (Å²) in [5.74, 6) is -1.81. The zero-order valence-corrected chi connectivity index (χ0v) is 9.17. The molecule has 0 unspecified atom stereocenters. The summed E-state index contributed by atoms with van der Waals surface area (Å²) in [6.45, 7) is 0. The lowest BCUT2D eigenvalue weighted by molar-refractivity contribution is -0.149. The van der Waals surface area contributed by atoms with Gasteiger partial charge < -0.3 is 4.74 Å². The highest BCUT2D eigenvalue weighted by Gasteiger charge is 2.45. The molecule has 0 fully saturated rings. The third-order valence-corrected chi connectivity index (χ3v) is 2.17. The second-order valence-electron chi connectivity index (χ2n) is 3.54. The van der Waals surface area contributed by atoms with E-state index in [2.05, 4.69) is 11.8 Å². The van der Waals surface area contributed by atoms with Crippen LogP contribution in [-0.2, 0) is 18.5 Å². The van der Waals surface area contributed by atoms with E-state index >= 15 is 0 Å². The Morgan fingerprint density at radius 1 is 0.700 bits per heavy atom. The zero-order valence-electron chi connectivity index (χ0n) is 9.17. The van der Waals surface area contributed by atoms with E-state index < -0.39 is 53.1 Å². The molecular weight excluding hydrogens is 307 g/mol. The number of hydrogen-bond donors (Lipinski definition) is 0. The third kappa shape index (κ3) is 3.28. The van der Waals surface area contributed by atoms with Crippen molar-refractivity contribution in [2.45, 2.75) is 18.5 Å². The molecule has 0 aromatic heterocycles. The Hall–Kier alpha value is -1.61. The van der Waals surface area contributed by atoms with Gasteiger partial charge in [-0.15, -0.1) is 0 Å². The summed E-state index contributed by atoms with van der Waals surface area (Å²) in [7, 11) is 2.41. The highest BCUT2D eigenvalue weighted by molar-refractivity contribution is 5.48. The maximum absolute atomic E-state index is 12.5. The van der Waals surface area contributed by atoms with Gasteiger partial charge in [0.1, 0.15) is 12.9 Å². The van der Waals surface area contributed by atoms with Crippen molar-refractivity contribution in [2.75, 3.05) is 0 Å². The summed E-state index contributed by atoms with van der Waals surface area (Å²) < 4.78 is 116. The molecule has 1 radical (unpaired) electrons. The van der Waals surface area contributed by atoms with Gasteiger partial charge in [-0.05, 0) is 12.1 Å². The summed E-state index contributed by atoms with van der Waals surface area (Å²) in [5, 5.41) is 0. The van der Waals surface area contributed by atoms with Crippen LogP contribution in [0.1, 0.15) is 16.7 Å². The Bertz CT molecular complexity index is 460. The Labute approximate surface area is 105 Å². The maximum atomic E-state index is 12.5. The Morgan fingerprint density at radius 2 is 1.05 bits per heavy atom. The predicted octanol–water partition coefficient (Wildman–Crippen LogP) is 4.91. The first-order valence-electron chi connectivity index (χ1n) is 4.60. The van der Waals surface area contributed by atoms with E-state index in [0.717, 1.165) is 0 Å². The summed E-state index contributed by atoms with van der Waals surface area (Å²) in [6, 6.07) is -0.925. The third-order valence-electron chi connectivity index (χ3n) is 2.17. The van der Waals surface area contributed by atoms with Gasteiger partial charge in [0.05, 0.1) is 16.7 Å². The van der Waals surface area contributed by atoms with Gasteiger partial charge in [0, 0.05) is 0 Å². The molecule has 1 aromatic rings. The number of rotatable bonds is 1. The normalized spacial score (nSPS) is 13.5. The second kappa shape index (κ2) is 4.74. The van der Waals surface area contributed by atoms with E-state index in [-0.39, 0.29) is 0 Å². The van der Waals surface area contributed by atoms with Crippen LogP contribution in [0.5, 0.6) is 5.75 Å². The average Bonchev–Trinajstić information content (AvgIpc) is 2.23. The van der Waals surface area contributed by atoms with Crippen LogP contribution in [-0.4, -0.2) is 0 Å². The quantitative estimate of drug-likeness (QED) is 0.669. The minimum atomic E-state index is -5.46. The topological polar surface area (TPSA) is 9.23 Å². The summed E-state index contributed by atoms with van der Waals surface area (Å²) in [5.41, 5.74) is -6.48. The molecule has 113 valence electrons. The van der Waals surface area contributed by atoms with Crippen molar-refractivity contribution in [2.24, 2.45) is 0 Å². The number of benzene rings is 1. The minimum Gasteiger partial charge on any atom is -0.489 e. The maximum Gasteiger partial charge on any atom is 0.419 e. The van der Waals surface area contributed by atoms with Gasteiger partial charge in [0.25, 0.3) is 0 Å². The Morgan fingerprint density at radius 3 is 1.25 bits per heavy atom. The monoisotopic (exact) mass is 311 g/mol. The van der Waals surface area contributed by atoms with Crippen molar-refractivity contribution in [3.63, 3.8) is 0 Å².